The van der Waals surface area contributed by atoms with Crippen LogP contribution in [-0.2, 0) is 26.2 Å². The van der Waals surface area contributed by atoms with Crippen molar-refractivity contribution in [2.75, 3.05) is 10.8 Å². The fourth-order valence-electron chi connectivity index (χ4n) is 4.65. The lowest BCUT2D eigenvalue weighted by molar-refractivity contribution is -0.140. The highest BCUT2D eigenvalue weighted by atomic mass is 32.2. The van der Waals surface area contributed by atoms with E-state index in [0.717, 1.165) is 28.3 Å². The summed E-state index contributed by atoms with van der Waals surface area (Å²) >= 11 is 0. The number of nitrogens with zero attached hydrogens (tertiary/aromatic N) is 2. The summed E-state index contributed by atoms with van der Waals surface area (Å²) in [4.78, 5) is 28.3. The molecule has 1 N–H and O–H groups in total. The number of carbonyl (C=O) groups is 2. The predicted molar refractivity (Wildman–Crippen MR) is 147 cm³/mol. The molecule has 3 aromatic rings. The maximum absolute atomic E-state index is 13.4. The van der Waals surface area contributed by atoms with Crippen molar-refractivity contribution >= 4 is 38.3 Å². The lowest BCUT2D eigenvalue weighted by Gasteiger charge is -2.30. The zero-order valence-corrected chi connectivity index (χ0v) is 22.7. The Morgan fingerprint density at radius 1 is 1.00 bits per heavy atom. The molecule has 0 radical (unpaired) electrons. The predicted octanol–water partition coefficient (Wildman–Crippen LogP) is 4.77. The van der Waals surface area contributed by atoms with Gasteiger partial charge in [0.2, 0.25) is 11.8 Å². The van der Waals surface area contributed by atoms with Crippen LogP contribution in [0.5, 0.6) is 0 Å². The van der Waals surface area contributed by atoms with Crippen LogP contribution in [0.1, 0.15) is 51.2 Å². The zero-order chi connectivity index (χ0) is 26.7. The van der Waals surface area contributed by atoms with Gasteiger partial charge in [0.15, 0.2) is 0 Å². The van der Waals surface area contributed by atoms with Gasteiger partial charge in [-0.05, 0) is 56.7 Å². The van der Waals surface area contributed by atoms with Crippen LogP contribution in [0.25, 0.3) is 10.8 Å². The molecule has 37 heavy (non-hydrogen) atoms. The molecule has 0 saturated carbocycles. The molecule has 1 heterocycles. The van der Waals surface area contributed by atoms with Crippen LogP contribution < -0.4 is 9.62 Å². The van der Waals surface area contributed by atoms with Crippen LogP contribution in [-0.4, -0.2) is 43.8 Å². The third-order valence-electron chi connectivity index (χ3n) is 7.07. The molecule has 0 aromatic heterocycles. The minimum Gasteiger partial charge on any atom is -0.352 e. The highest BCUT2D eigenvalue weighted by Gasteiger charge is 2.35. The van der Waals surface area contributed by atoms with Crippen molar-refractivity contribution in [3.63, 3.8) is 0 Å². The van der Waals surface area contributed by atoms with Gasteiger partial charge in [0.1, 0.15) is 6.04 Å². The van der Waals surface area contributed by atoms with Crippen molar-refractivity contribution < 1.29 is 18.0 Å². The van der Waals surface area contributed by atoms with E-state index in [4.69, 9.17) is 0 Å². The Morgan fingerprint density at radius 3 is 2.35 bits per heavy atom. The highest BCUT2D eigenvalue weighted by Crippen LogP contribution is 2.42. The minimum absolute atomic E-state index is 0.0102. The number of rotatable bonds is 10. The summed E-state index contributed by atoms with van der Waals surface area (Å²) in [5, 5.41) is 4.58. The summed E-state index contributed by atoms with van der Waals surface area (Å²) in [6.07, 6.45) is 1.27. The molecule has 0 aliphatic carbocycles. The second-order valence-corrected chi connectivity index (χ2v) is 11.6. The quantitative estimate of drug-likeness (QED) is 0.416. The summed E-state index contributed by atoms with van der Waals surface area (Å²) in [5.41, 5.74) is 2.71. The van der Waals surface area contributed by atoms with Gasteiger partial charge in [0.25, 0.3) is 10.0 Å². The standard InChI is InChI=1S/C29H35N3O4S/c1-5-21(3)30-29(34)22(4)31(19-23-16-14-20(2)15-17-23)27(33)13-8-18-32-25-11-6-9-24-10-7-12-26(28(24)25)37(32,35)36/h6-7,9-12,14-17,21-22H,5,8,13,18-19H2,1-4H3,(H,30,34)/t21-,22+/m1/s1. The SMILES string of the molecule is CC[C@@H](C)NC(=O)[C@H](C)N(Cc1ccc(C)cc1)C(=O)CCCN1c2cccc3cccc(c23)S1(=O)=O. The minimum atomic E-state index is -3.67. The van der Waals surface area contributed by atoms with E-state index >= 15 is 0 Å². The average Bonchev–Trinajstić information content (AvgIpc) is 3.10. The van der Waals surface area contributed by atoms with E-state index in [1.807, 2.05) is 69.3 Å². The Bertz CT molecular complexity index is 1400. The van der Waals surface area contributed by atoms with Gasteiger partial charge in [-0.2, -0.15) is 0 Å². The van der Waals surface area contributed by atoms with Gasteiger partial charge in [-0.15, -0.1) is 0 Å². The first-order valence-electron chi connectivity index (χ1n) is 12.8. The number of nitrogens with one attached hydrogen (secondary N) is 1. The summed E-state index contributed by atoms with van der Waals surface area (Å²) in [6.45, 7) is 8.17. The molecular weight excluding hydrogens is 486 g/mol. The number of amides is 2. The number of hydrogen-bond donors (Lipinski definition) is 1. The number of carbonyl (C=O) groups excluding carboxylic acids is 2. The molecule has 0 fully saturated rings. The molecule has 0 bridgehead atoms. The third kappa shape index (κ3) is 5.49. The van der Waals surface area contributed by atoms with Gasteiger partial charge in [-0.3, -0.25) is 13.9 Å². The molecule has 0 saturated heterocycles. The second kappa shape index (κ2) is 10.9. The molecule has 196 valence electrons. The number of sulfonamides is 1. The Labute approximate surface area is 219 Å². The van der Waals surface area contributed by atoms with Gasteiger partial charge in [0.05, 0.1) is 10.6 Å². The maximum Gasteiger partial charge on any atom is 0.265 e. The van der Waals surface area contributed by atoms with E-state index in [2.05, 4.69) is 5.32 Å². The summed E-state index contributed by atoms with van der Waals surface area (Å²) < 4.78 is 27.9. The number of anilines is 1. The Kier molecular flexibility index (Phi) is 7.87. The first-order valence-corrected chi connectivity index (χ1v) is 14.3. The van der Waals surface area contributed by atoms with Crippen LogP contribution in [0, 0.1) is 6.92 Å². The van der Waals surface area contributed by atoms with Crippen molar-refractivity contribution in [1.82, 2.24) is 10.2 Å². The summed E-state index contributed by atoms with van der Waals surface area (Å²) in [5.74, 6) is -0.376. The Morgan fingerprint density at radius 2 is 1.68 bits per heavy atom. The van der Waals surface area contributed by atoms with Crippen molar-refractivity contribution in [3.8, 4) is 0 Å². The summed E-state index contributed by atoms with van der Waals surface area (Å²) in [7, 11) is -3.67. The molecule has 1 aliphatic rings. The fraction of sp³-hybridized carbons (Fsp3) is 0.379. The van der Waals surface area contributed by atoms with Crippen LogP contribution in [0.4, 0.5) is 5.69 Å². The number of aryl methyl sites for hydroxylation is 1. The molecular formula is C29H35N3O4S. The lowest BCUT2D eigenvalue weighted by atomic mass is 10.1. The maximum atomic E-state index is 13.4. The molecule has 2 atom stereocenters. The first kappa shape index (κ1) is 26.7. The molecule has 8 heteroatoms. The highest BCUT2D eigenvalue weighted by molar-refractivity contribution is 7.93. The number of benzene rings is 3. The van der Waals surface area contributed by atoms with Crippen molar-refractivity contribution in [3.05, 3.63) is 71.8 Å². The molecule has 0 unspecified atom stereocenters. The molecule has 3 aromatic carbocycles. The molecule has 4 rings (SSSR count). The molecule has 1 aliphatic heterocycles. The first-order chi connectivity index (χ1) is 17.6. The Hall–Kier alpha value is -3.39. The van der Waals surface area contributed by atoms with Gasteiger partial charge in [-0.1, -0.05) is 61.0 Å². The van der Waals surface area contributed by atoms with E-state index < -0.39 is 16.1 Å². The zero-order valence-electron chi connectivity index (χ0n) is 21.9. The van der Waals surface area contributed by atoms with Gasteiger partial charge in [0, 0.05) is 30.9 Å². The van der Waals surface area contributed by atoms with Gasteiger partial charge in [-0.25, -0.2) is 8.42 Å². The summed E-state index contributed by atoms with van der Waals surface area (Å²) in [6, 6.07) is 18.1. The van der Waals surface area contributed by atoms with Crippen LogP contribution in [0.15, 0.2) is 65.6 Å². The van der Waals surface area contributed by atoms with Gasteiger partial charge >= 0.3 is 0 Å². The normalized spacial score (nSPS) is 15.4. The topological polar surface area (TPSA) is 86.8 Å². The molecule has 0 spiro atoms. The second-order valence-electron chi connectivity index (χ2n) is 9.81. The van der Waals surface area contributed by atoms with E-state index in [-0.39, 0.29) is 30.8 Å². The van der Waals surface area contributed by atoms with E-state index in [9.17, 15) is 18.0 Å². The van der Waals surface area contributed by atoms with Crippen molar-refractivity contribution in [2.45, 2.75) is 70.5 Å². The van der Waals surface area contributed by atoms with E-state index in [1.165, 1.54) is 4.31 Å². The smallest absolute Gasteiger partial charge is 0.265 e. The fourth-order valence-corrected chi connectivity index (χ4v) is 6.40. The van der Waals surface area contributed by atoms with Crippen LogP contribution in [0.2, 0.25) is 0 Å². The Balaban J connectivity index is 1.49. The lowest BCUT2D eigenvalue weighted by Crippen LogP contribution is -2.49. The van der Waals surface area contributed by atoms with E-state index in [1.54, 1.807) is 24.0 Å². The monoisotopic (exact) mass is 521 g/mol. The van der Waals surface area contributed by atoms with Crippen LogP contribution >= 0.6 is 0 Å². The van der Waals surface area contributed by atoms with Gasteiger partial charge < -0.3 is 10.2 Å². The van der Waals surface area contributed by atoms with Crippen LogP contribution in [0.3, 0.4) is 0 Å². The molecule has 2 amide bonds. The van der Waals surface area contributed by atoms with Crippen molar-refractivity contribution in [2.24, 2.45) is 0 Å². The largest absolute Gasteiger partial charge is 0.352 e. The van der Waals surface area contributed by atoms with Crippen molar-refractivity contribution in [1.29, 1.82) is 0 Å². The number of hydrogen-bond acceptors (Lipinski definition) is 4. The van der Waals surface area contributed by atoms with E-state index in [0.29, 0.717) is 23.5 Å². The molecule has 7 nitrogen and oxygen atoms in total. The average molecular weight is 522 g/mol. The third-order valence-corrected chi connectivity index (χ3v) is 8.93.